The topological polar surface area (TPSA) is 108 Å². The van der Waals surface area contributed by atoms with Gasteiger partial charge in [-0.25, -0.2) is 8.42 Å². The van der Waals surface area contributed by atoms with E-state index in [1.165, 1.54) is 17.4 Å². The second-order valence-electron chi connectivity index (χ2n) is 5.19. The summed E-state index contributed by atoms with van der Waals surface area (Å²) >= 11 is 0. The predicted octanol–water partition coefficient (Wildman–Crippen LogP) is -0.524. The van der Waals surface area contributed by atoms with E-state index in [2.05, 4.69) is 5.10 Å². The van der Waals surface area contributed by atoms with Crippen LogP contribution < -0.4 is 5.73 Å². The van der Waals surface area contributed by atoms with Gasteiger partial charge in [0.2, 0.25) is 10.0 Å². The lowest BCUT2D eigenvalue weighted by Crippen LogP contribution is -2.58. The van der Waals surface area contributed by atoms with Gasteiger partial charge in [-0.2, -0.15) is 9.40 Å². The Bertz CT molecular complexity index is 654. The van der Waals surface area contributed by atoms with Crippen molar-refractivity contribution in [3.63, 3.8) is 0 Å². The van der Waals surface area contributed by atoms with Crippen molar-refractivity contribution in [2.45, 2.75) is 37.8 Å². The summed E-state index contributed by atoms with van der Waals surface area (Å²) < 4.78 is 33.6. The minimum Gasteiger partial charge on any atom is -0.367 e. The molecule has 1 atom stereocenters. The summed E-state index contributed by atoms with van der Waals surface area (Å²) in [5.74, 6) is -0.677. The normalized spacial score (nSPS) is 24.1. The van der Waals surface area contributed by atoms with Crippen LogP contribution in [0.15, 0.2) is 11.1 Å². The molecule has 0 radical (unpaired) electrons. The molecule has 1 amide bonds. The SMILES string of the molecule is CCn1ncc(S(=O)(=O)N2CCO[C@](C)(C(N)=O)C2)c1C. The van der Waals surface area contributed by atoms with Crippen LogP contribution in [0.25, 0.3) is 0 Å². The van der Waals surface area contributed by atoms with Gasteiger partial charge in [-0.3, -0.25) is 9.48 Å². The first-order valence-electron chi connectivity index (χ1n) is 6.69. The molecule has 1 aromatic heterocycles. The van der Waals surface area contributed by atoms with Crippen molar-refractivity contribution in [2.75, 3.05) is 19.7 Å². The Morgan fingerprint density at radius 2 is 2.24 bits per heavy atom. The maximum Gasteiger partial charge on any atom is 0.250 e. The molecule has 0 spiro atoms. The molecule has 0 bridgehead atoms. The number of sulfonamides is 1. The average molecular weight is 316 g/mol. The van der Waals surface area contributed by atoms with Crippen LogP contribution in [0.5, 0.6) is 0 Å². The van der Waals surface area contributed by atoms with E-state index >= 15 is 0 Å². The van der Waals surface area contributed by atoms with Gasteiger partial charge in [-0.15, -0.1) is 0 Å². The Balaban J connectivity index is 2.35. The van der Waals surface area contributed by atoms with Gasteiger partial charge >= 0.3 is 0 Å². The molecule has 8 nitrogen and oxygen atoms in total. The Labute approximate surface area is 123 Å². The maximum atomic E-state index is 12.7. The van der Waals surface area contributed by atoms with E-state index in [1.54, 1.807) is 11.6 Å². The van der Waals surface area contributed by atoms with Crippen molar-refractivity contribution in [1.29, 1.82) is 0 Å². The molecule has 21 heavy (non-hydrogen) atoms. The number of carbonyl (C=O) groups excluding carboxylic acids is 1. The maximum absolute atomic E-state index is 12.7. The lowest BCUT2D eigenvalue weighted by atomic mass is 10.1. The van der Waals surface area contributed by atoms with Gasteiger partial charge in [0.15, 0.2) is 5.60 Å². The number of primary amides is 1. The number of nitrogens with zero attached hydrogens (tertiary/aromatic N) is 3. The molecule has 2 rings (SSSR count). The molecule has 1 aliphatic heterocycles. The van der Waals surface area contributed by atoms with Gasteiger partial charge < -0.3 is 10.5 Å². The average Bonchev–Trinajstić information content (AvgIpc) is 2.80. The first-order valence-corrected chi connectivity index (χ1v) is 8.13. The summed E-state index contributed by atoms with van der Waals surface area (Å²) in [6.07, 6.45) is 1.34. The molecule has 0 aliphatic carbocycles. The van der Waals surface area contributed by atoms with Gasteiger partial charge in [-0.1, -0.05) is 0 Å². The van der Waals surface area contributed by atoms with Crippen LogP contribution in [0, 0.1) is 6.92 Å². The minimum atomic E-state index is -3.72. The monoisotopic (exact) mass is 316 g/mol. The molecule has 9 heteroatoms. The largest absolute Gasteiger partial charge is 0.367 e. The third kappa shape index (κ3) is 2.68. The fourth-order valence-electron chi connectivity index (χ4n) is 2.33. The fraction of sp³-hybridized carbons (Fsp3) is 0.667. The number of ether oxygens (including phenoxy) is 1. The highest BCUT2D eigenvalue weighted by Crippen LogP contribution is 2.25. The van der Waals surface area contributed by atoms with Crippen LogP contribution in [0.3, 0.4) is 0 Å². The smallest absolute Gasteiger partial charge is 0.250 e. The number of amides is 1. The van der Waals surface area contributed by atoms with Crippen molar-refractivity contribution in [3.05, 3.63) is 11.9 Å². The van der Waals surface area contributed by atoms with E-state index < -0.39 is 21.5 Å². The lowest BCUT2D eigenvalue weighted by molar-refractivity contribution is -0.148. The van der Waals surface area contributed by atoms with E-state index in [0.29, 0.717) is 12.2 Å². The lowest BCUT2D eigenvalue weighted by Gasteiger charge is -2.37. The molecule has 2 heterocycles. The van der Waals surface area contributed by atoms with E-state index in [9.17, 15) is 13.2 Å². The first-order chi connectivity index (χ1) is 9.72. The van der Waals surface area contributed by atoms with Gasteiger partial charge in [0.1, 0.15) is 4.90 Å². The Morgan fingerprint density at radius 3 is 2.76 bits per heavy atom. The van der Waals surface area contributed by atoms with E-state index in [1.807, 2.05) is 6.92 Å². The molecule has 0 unspecified atom stereocenters. The molecule has 1 fully saturated rings. The fourth-order valence-corrected chi connectivity index (χ4v) is 4.00. The summed E-state index contributed by atoms with van der Waals surface area (Å²) in [6, 6.07) is 0. The Morgan fingerprint density at radius 1 is 1.57 bits per heavy atom. The quantitative estimate of drug-likeness (QED) is 0.804. The van der Waals surface area contributed by atoms with E-state index in [4.69, 9.17) is 10.5 Å². The number of nitrogens with two attached hydrogens (primary N) is 1. The van der Waals surface area contributed by atoms with Crippen LogP contribution in [0.1, 0.15) is 19.5 Å². The number of morpholine rings is 1. The summed E-state index contributed by atoms with van der Waals surface area (Å²) in [4.78, 5) is 11.6. The number of hydrogen-bond acceptors (Lipinski definition) is 5. The van der Waals surface area contributed by atoms with Crippen LogP contribution in [0.2, 0.25) is 0 Å². The van der Waals surface area contributed by atoms with Gasteiger partial charge in [-0.05, 0) is 20.8 Å². The third-order valence-electron chi connectivity index (χ3n) is 3.74. The predicted molar refractivity (Wildman–Crippen MR) is 74.9 cm³/mol. The van der Waals surface area contributed by atoms with Crippen LogP contribution in [-0.4, -0.2) is 53.7 Å². The number of aromatic nitrogens is 2. The van der Waals surface area contributed by atoms with E-state index in [0.717, 1.165) is 0 Å². The summed E-state index contributed by atoms with van der Waals surface area (Å²) in [7, 11) is -3.72. The zero-order chi connectivity index (χ0) is 15.8. The van der Waals surface area contributed by atoms with Crippen molar-refractivity contribution < 1.29 is 17.9 Å². The van der Waals surface area contributed by atoms with Crippen molar-refractivity contribution in [2.24, 2.45) is 5.73 Å². The van der Waals surface area contributed by atoms with Crippen LogP contribution in [-0.2, 0) is 26.1 Å². The Kier molecular flexibility index (Phi) is 4.09. The molecule has 1 aliphatic rings. The highest BCUT2D eigenvalue weighted by atomic mass is 32.2. The highest BCUT2D eigenvalue weighted by molar-refractivity contribution is 7.89. The second kappa shape index (κ2) is 5.39. The molecule has 1 aromatic rings. The molecular weight excluding hydrogens is 296 g/mol. The molecule has 118 valence electrons. The van der Waals surface area contributed by atoms with Crippen molar-refractivity contribution >= 4 is 15.9 Å². The minimum absolute atomic E-state index is 0.0958. The highest BCUT2D eigenvalue weighted by Gasteiger charge is 2.42. The van der Waals surface area contributed by atoms with Gasteiger partial charge in [0.25, 0.3) is 5.91 Å². The zero-order valence-electron chi connectivity index (χ0n) is 12.4. The standard InChI is InChI=1S/C12H20N4O4S/c1-4-16-9(2)10(7-14-16)21(18,19)15-5-6-20-12(3,8-15)11(13)17/h7H,4-6,8H2,1-3H3,(H2,13,17)/t12-/m0/s1. The third-order valence-corrected chi connectivity index (χ3v) is 5.68. The summed E-state index contributed by atoms with van der Waals surface area (Å²) in [6.45, 7) is 5.89. The van der Waals surface area contributed by atoms with E-state index in [-0.39, 0.29) is 24.6 Å². The molecule has 0 saturated carbocycles. The number of aryl methyl sites for hydroxylation is 1. The summed E-state index contributed by atoms with van der Waals surface area (Å²) in [5, 5.41) is 4.05. The number of rotatable bonds is 4. The molecule has 1 saturated heterocycles. The van der Waals surface area contributed by atoms with Gasteiger partial charge in [0.05, 0.1) is 25.0 Å². The molecule has 0 aromatic carbocycles. The number of carbonyl (C=O) groups is 1. The van der Waals surface area contributed by atoms with Crippen molar-refractivity contribution in [3.8, 4) is 0 Å². The summed E-state index contributed by atoms with van der Waals surface area (Å²) in [5.41, 5.74) is 4.57. The second-order valence-corrected chi connectivity index (χ2v) is 7.10. The zero-order valence-corrected chi connectivity index (χ0v) is 13.2. The first kappa shape index (κ1) is 15.9. The van der Waals surface area contributed by atoms with Crippen LogP contribution in [0.4, 0.5) is 0 Å². The van der Waals surface area contributed by atoms with Crippen LogP contribution >= 0.6 is 0 Å². The number of hydrogen-bond donors (Lipinski definition) is 1. The molecule has 2 N–H and O–H groups in total. The van der Waals surface area contributed by atoms with Crippen molar-refractivity contribution in [1.82, 2.24) is 14.1 Å². The Hall–Kier alpha value is -1.45. The molecular formula is C12H20N4O4S. The van der Waals surface area contributed by atoms with Gasteiger partial charge in [0, 0.05) is 13.1 Å².